The van der Waals surface area contributed by atoms with Gasteiger partial charge in [0.1, 0.15) is 6.61 Å². The smallest absolute Gasteiger partial charge is 0.362 e. The van der Waals surface area contributed by atoms with Crippen molar-refractivity contribution in [3.05, 3.63) is 97.2 Å². The van der Waals surface area contributed by atoms with Crippen LogP contribution in [-0.4, -0.2) is 80.6 Å². The van der Waals surface area contributed by atoms with E-state index in [1.165, 1.54) is 32.1 Å². The van der Waals surface area contributed by atoms with Gasteiger partial charge in [-0.25, -0.2) is 4.79 Å². The lowest BCUT2D eigenvalue weighted by molar-refractivity contribution is -0.887. The fourth-order valence-corrected chi connectivity index (χ4v) is 6.32. The molecular weight excluding hydrogens is 763 g/mol. The van der Waals surface area contributed by atoms with Gasteiger partial charge in [-0.05, 0) is 89.9 Å². The van der Waals surface area contributed by atoms with Crippen LogP contribution >= 0.6 is 0 Å². The lowest BCUT2D eigenvalue weighted by atomic mass is 10.1. The third-order valence-electron chi connectivity index (χ3n) is 10.00. The maximum absolute atomic E-state index is 12.8. The molecule has 61 heavy (non-hydrogen) atoms. The van der Waals surface area contributed by atoms with Crippen molar-refractivity contribution in [1.82, 2.24) is 0 Å². The number of rotatable bonds is 41. The first-order valence-electron chi connectivity index (χ1n) is 23.8. The zero-order valence-electron chi connectivity index (χ0n) is 39.3. The Kier molecular flexibility index (Phi) is 40.3. The van der Waals surface area contributed by atoms with E-state index in [-0.39, 0.29) is 42.7 Å². The summed E-state index contributed by atoms with van der Waals surface area (Å²) in [5.74, 6) is -1.54. The van der Waals surface area contributed by atoms with E-state index in [0.29, 0.717) is 19.3 Å². The van der Waals surface area contributed by atoms with Crippen LogP contribution in [0.1, 0.15) is 168 Å². The highest BCUT2D eigenvalue weighted by Crippen LogP contribution is 2.13. The number of hydrogen-bond acceptors (Lipinski definition) is 6. The summed E-state index contributed by atoms with van der Waals surface area (Å²) in [5, 5.41) is 9.64. The summed E-state index contributed by atoms with van der Waals surface area (Å²) in [6, 6.07) is -0.629. The summed E-state index contributed by atoms with van der Waals surface area (Å²) in [5.41, 5.74) is 0. The van der Waals surface area contributed by atoms with Gasteiger partial charge in [0.05, 0.1) is 34.4 Å². The number of quaternary nitrogens is 1. The Morgan fingerprint density at radius 1 is 0.525 bits per heavy atom. The SMILES string of the molecule is CC/C=C/C/C=C/C/C=C/C/C=C/C/C=C/C/C=C/CCCCCC(=O)OC(COCCC(C(=O)O)[N+](C)(C)C)COC(=O)CCCCCCCC/C=C/C=C/CCCCC. The number of carbonyl (C=O) groups excluding carboxylic acids is 2. The Hall–Kier alpha value is -3.75. The van der Waals surface area contributed by atoms with Crippen LogP contribution in [0.3, 0.4) is 0 Å². The topological polar surface area (TPSA) is 99.1 Å². The second-order valence-corrected chi connectivity index (χ2v) is 16.7. The second kappa shape index (κ2) is 42.9. The second-order valence-electron chi connectivity index (χ2n) is 16.7. The molecule has 0 radical (unpaired) electrons. The number of hydrogen-bond donors (Lipinski definition) is 1. The van der Waals surface area contributed by atoms with E-state index < -0.39 is 18.1 Å². The first kappa shape index (κ1) is 57.2. The molecule has 0 spiro atoms. The lowest BCUT2D eigenvalue weighted by Crippen LogP contribution is -2.50. The predicted molar refractivity (Wildman–Crippen MR) is 256 cm³/mol. The molecule has 0 aromatic carbocycles. The van der Waals surface area contributed by atoms with Gasteiger partial charge in [-0.2, -0.15) is 0 Å². The Balaban J connectivity index is 4.41. The van der Waals surface area contributed by atoms with Gasteiger partial charge in [0.2, 0.25) is 0 Å². The van der Waals surface area contributed by atoms with Gasteiger partial charge < -0.3 is 23.8 Å². The third kappa shape index (κ3) is 41.4. The molecule has 0 saturated heterocycles. The molecule has 346 valence electrons. The summed E-state index contributed by atoms with van der Waals surface area (Å²) in [6.45, 7) is 4.53. The van der Waals surface area contributed by atoms with Crippen LogP contribution in [0.15, 0.2) is 97.2 Å². The van der Waals surface area contributed by atoms with E-state index in [1.807, 2.05) is 21.1 Å². The van der Waals surface area contributed by atoms with Gasteiger partial charge in [0, 0.05) is 19.3 Å². The number of likely N-dealkylation sites (N-methyl/N-ethyl adjacent to an activating group) is 1. The number of carbonyl (C=O) groups is 3. The predicted octanol–water partition coefficient (Wildman–Crippen LogP) is 13.5. The van der Waals surface area contributed by atoms with Crippen molar-refractivity contribution < 1.29 is 38.2 Å². The van der Waals surface area contributed by atoms with Gasteiger partial charge in [-0.1, -0.05) is 156 Å². The van der Waals surface area contributed by atoms with Crippen molar-refractivity contribution in [2.45, 2.75) is 180 Å². The molecule has 8 nitrogen and oxygen atoms in total. The van der Waals surface area contributed by atoms with Crippen LogP contribution in [0, 0.1) is 0 Å². The Morgan fingerprint density at radius 2 is 0.967 bits per heavy atom. The maximum Gasteiger partial charge on any atom is 0.362 e. The number of aliphatic carboxylic acids is 1. The molecule has 0 aromatic rings. The van der Waals surface area contributed by atoms with Crippen LogP contribution in [0.25, 0.3) is 0 Å². The van der Waals surface area contributed by atoms with Gasteiger partial charge in [-0.15, -0.1) is 0 Å². The normalized spacial score (nSPS) is 13.8. The van der Waals surface area contributed by atoms with Crippen molar-refractivity contribution in [2.75, 3.05) is 41.0 Å². The number of nitrogens with zero attached hydrogens (tertiary/aromatic N) is 1. The van der Waals surface area contributed by atoms with Crippen LogP contribution in [0.4, 0.5) is 0 Å². The number of carboxylic acids is 1. The molecule has 0 saturated carbocycles. The van der Waals surface area contributed by atoms with Crippen molar-refractivity contribution in [3.8, 4) is 0 Å². The molecule has 8 heteroatoms. The maximum atomic E-state index is 12.8. The minimum Gasteiger partial charge on any atom is -0.477 e. The molecule has 0 rings (SSSR count). The average molecular weight is 851 g/mol. The third-order valence-corrected chi connectivity index (χ3v) is 10.00. The van der Waals surface area contributed by atoms with Crippen LogP contribution in [-0.2, 0) is 28.6 Å². The first-order chi connectivity index (χ1) is 29.6. The lowest BCUT2D eigenvalue weighted by Gasteiger charge is -2.31. The summed E-state index contributed by atoms with van der Waals surface area (Å²) in [7, 11) is 5.50. The van der Waals surface area contributed by atoms with Gasteiger partial charge in [0.25, 0.3) is 0 Å². The quantitative estimate of drug-likeness (QED) is 0.0215. The largest absolute Gasteiger partial charge is 0.477 e. The number of ether oxygens (including phenoxy) is 3. The fraction of sp³-hybridized carbons (Fsp3) is 0.642. The van der Waals surface area contributed by atoms with E-state index in [2.05, 4.69) is 111 Å². The van der Waals surface area contributed by atoms with E-state index >= 15 is 0 Å². The Bertz CT molecular complexity index is 1310. The molecule has 2 unspecified atom stereocenters. The molecule has 0 aromatic heterocycles. The molecule has 0 heterocycles. The molecule has 0 fully saturated rings. The highest BCUT2D eigenvalue weighted by molar-refractivity contribution is 5.72. The minimum absolute atomic E-state index is 0.0373. The standard InChI is InChI=1S/C53H87NO7/c1-6-8-10-12-14-16-18-20-22-23-24-25-26-27-28-30-32-34-36-38-40-42-44-52(56)61-49(47-59-46-45-50(53(57)58)54(3,4)5)48-60-51(55)43-41-39-37-35-33-31-29-21-19-17-15-13-11-9-7-2/h8,10,14-17,19-22,24-25,27-28,32,34,49-50H,6-7,9,11-13,18,23,26,29-31,33,35-48H2,1-5H3/p+1/b10-8+,16-14+,17-15+,21-19+,22-20+,25-24+,28-27+,34-32+. The Labute approximate surface area is 373 Å². The molecule has 0 aliphatic rings. The van der Waals surface area contributed by atoms with Crippen molar-refractivity contribution in [3.63, 3.8) is 0 Å². The Morgan fingerprint density at radius 3 is 1.48 bits per heavy atom. The van der Waals surface area contributed by atoms with E-state index in [1.54, 1.807) is 0 Å². The van der Waals surface area contributed by atoms with Gasteiger partial charge >= 0.3 is 17.9 Å². The van der Waals surface area contributed by atoms with Gasteiger partial charge in [0.15, 0.2) is 12.1 Å². The highest BCUT2D eigenvalue weighted by atomic mass is 16.6. The summed E-state index contributed by atoms with van der Waals surface area (Å²) >= 11 is 0. The van der Waals surface area contributed by atoms with Crippen molar-refractivity contribution in [1.29, 1.82) is 0 Å². The number of unbranched alkanes of at least 4 members (excludes halogenated alkanes) is 12. The zero-order valence-corrected chi connectivity index (χ0v) is 39.3. The van der Waals surface area contributed by atoms with E-state index in [9.17, 15) is 19.5 Å². The zero-order chi connectivity index (χ0) is 44.9. The van der Waals surface area contributed by atoms with Crippen LogP contribution in [0.2, 0.25) is 0 Å². The summed E-state index contributed by atoms with van der Waals surface area (Å²) in [4.78, 5) is 37.1. The first-order valence-corrected chi connectivity index (χ1v) is 23.8. The molecule has 0 amide bonds. The molecule has 0 aliphatic carbocycles. The van der Waals surface area contributed by atoms with E-state index in [4.69, 9.17) is 14.2 Å². The number of esters is 2. The molecule has 0 aliphatic heterocycles. The van der Waals surface area contributed by atoms with Gasteiger partial charge in [-0.3, -0.25) is 9.59 Å². The van der Waals surface area contributed by atoms with E-state index in [0.717, 1.165) is 96.3 Å². The summed E-state index contributed by atoms with van der Waals surface area (Å²) in [6.07, 6.45) is 57.3. The highest BCUT2D eigenvalue weighted by Gasteiger charge is 2.31. The summed E-state index contributed by atoms with van der Waals surface area (Å²) < 4.78 is 17.3. The molecule has 2 atom stereocenters. The monoisotopic (exact) mass is 851 g/mol. The van der Waals surface area contributed by atoms with Crippen molar-refractivity contribution in [2.24, 2.45) is 0 Å². The number of allylic oxidation sites excluding steroid dienone is 16. The average Bonchev–Trinajstić information content (AvgIpc) is 3.22. The molecule has 0 bridgehead atoms. The number of carboxylic acid groups (broad SMARTS) is 1. The minimum atomic E-state index is -0.887. The van der Waals surface area contributed by atoms with Crippen molar-refractivity contribution >= 4 is 17.9 Å². The molecule has 1 N–H and O–H groups in total. The van der Waals surface area contributed by atoms with Crippen LogP contribution < -0.4 is 0 Å². The fourth-order valence-electron chi connectivity index (χ4n) is 6.32. The van der Waals surface area contributed by atoms with Crippen LogP contribution in [0.5, 0.6) is 0 Å². The molecular formula is C53H88NO7+.